The van der Waals surface area contributed by atoms with Crippen molar-refractivity contribution in [2.24, 2.45) is 11.7 Å². The molecule has 0 aliphatic heterocycles. The molecule has 1 atom stereocenters. The van der Waals surface area contributed by atoms with E-state index in [1.54, 1.807) is 16.7 Å². The van der Waals surface area contributed by atoms with Gasteiger partial charge in [-0.25, -0.2) is 0 Å². The van der Waals surface area contributed by atoms with Crippen molar-refractivity contribution in [2.45, 2.75) is 31.2 Å². The van der Waals surface area contributed by atoms with Gasteiger partial charge in [0, 0.05) is 25.0 Å². The Labute approximate surface area is 120 Å². The van der Waals surface area contributed by atoms with Gasteiger partial charge in [0.1, 0.15) is 0 Å². The molecule has 0 spiro atoms. The molecule has 1 amide bonds. The molecule has 0 saturated carbocycles. The van der Waals surface area contributed by atoms with Crippen molar-refractivity contribution in [1.82, 2.24) is 4.90 Å². The van der Waals surface area contributed by atoms with Crippen molar-refractivity contribution >= 4 is 17.7 Å². The molecule has 4 heteroatoms. The van der Waals surface area contributed by atoms with Gasteiger partial charge in [0.15, 0.2) is 0 Å². The lowest BCUT2D eigenvalue weighted by atomic mass is 10.0. The molecule has 0 saturated heterocycles. The van der Waals surface area contributed by atoms with E-state index in [4.69, 9.17) is 5.73 Å². The van der Waals surface area contributed by atoms with Gasteiger partial charge in [-0.05, 0) is 30.4 Å². The SMILES string of the molecule is CCCC(CN)C(=O)N(C)Cc1ccc(SC)cc1. The molecular formula is C15H24N2OS. The van der Waals surface area contributed by atoms with Gasteiger partial charge in [-0.15, -0.1) is 11.8 Å². The average molecular weight is 280 g/mol. The predicted molar refractivity (Wildman–Crippen MR) is 82.1 cm³/mol. The zero-order valence-corrected chi connectivity index (χ0v) is 12.9. The van der Waals surface area contributed by atoms with E-state index >= 15 is 0 Å². The third kappa shape index (κ3) is 4.88. The van der Waals surface area contributed by atoms with E-state index < -0.39 is 0 Å². The van der Waals surface area contributed by atoms with E-state index in [0.717, 1.165) is 18.4 Å². The lowest BCUT2D eigenvalue weighted by Crippen LogP contribution is -2.36. The highest BCUT2D eigenvalue weighted by Crippen LogP contribution is 2.16. The second kappa shape index (κ2) is 8.23. The number of amides is 1. The van der Waals surface area contributed by atoms with Crippen LogP contribution < -0.4 is 5.73 Å². The maximum Gasteiger partial charge on any atom is 0.226 e. The molecule has 0 aromatic heterocycles. The summed E-state index contributed by atoms with van der Waals surface area (Å²) >= 11 is 1.72. The summed E-state index contributed by atoms with van der Waals surface area (Å²) in [7, 11) is 1.85. The molecule has 1 aromatic rings. The molecular weight excluding hydrogens is 256 g/mol. The molecule has 106 valence electrons. The van der Waals surface area contributed by atoms with E-state index in [1.165, 1.54) is 4.90 Å². The molecule has 0 bridgehead atoms. The molecule has 3 nitrogen and oxygen atoms in total. The first-order valence-corrected chi connectivity index (χ1v) is 7.92. The van der Waals surface area contributed by atoms with Gasteiger partial charge in [-0.1, -0.05) is 25.5 Å². The number of rotatable bonds is 7. The third-order valence-corrected chi connectivity index (χ3v) is 3.97. The second-order valence-electron chi connectivity index (χ2n) is 4.76. The number of carbonyl (C=O) groups is 1. The molecule has 1 unspecified atom stereocenters. The van der Waals surface area contributed by atoms with Crippen molar-refractivity contribution in [3.63, 3.8) is 0 Å². The standard InChI is InChI=1S/C15H24N2OS/c1-4-5-13(10-16)15(18)17(2)11-12-6-8-14(19-3)9-7-12/h6-9,13H,4-5,10-11,16H2,1-3H3. The van der Waals surface area contributed by atoms with Gasteiger partial charge >= 0.3 is 0 Å². The zero-order chi connectivity index (χ0) is 14.3. The summed E-state index contributed by atoms with van der Waals surface area (Å²) in [4.78, 5) is 15.3. The van der Waals surface area contributed by atoms with Crippen molar-refractivity contribution in [1.29, 1.82) is 0 Å². The summed E-state index contributed by atoms with van der Waals surface area (Å²) in [6, 6.07) is 8.33. The first-order chi connectivity index (χ1) is 9.12. The number of nitrogens with zero attached hydrogens (tertiary/aromatic N) is 1. The van der Waals surface area contributed by atoms with E-state index in [2.05, 4.69) is 37.4 Å². The van der Waals surface area contributed by atoms with Crippen molar-refractivity contribution in [3.8, 4) is 0 Å². The van der Waals surface area contributed by atoms with Gasteiger partial charge in [0.2, 0.25) is 5.91 Å². The molecule has 0 fully saturated rings. The molecule has 1 rings (SSSR count). The normalized spacial score (nSPS) is 12.2. The van der Waals surface area contributed by atoms with Gasteiger partial charge in [-0.2, -0.15) is 0 Å². The van der Waals surface area contributed by atoms with Crippen molar-refractivity contribution in [3.05, 3.63) is 29.8 Å². The second-order valence-corrected chi connectivity index (χ2v) is 5.64. The van der Waals surface area contributed by atoms with Crippen LogP contribution in [0.5, 0.6) is 0 Å². The van der Waals surface area contributed by atoms with Gasteiger partial charge in [-0.3, -0.25) is 4.79 Å². The fourth-order valence-electron chi connectivity index (χ4n) is 2.09. The largest absolute Gasteiger partial charge is 0.341 e. The Morgan fingerprint density at radius 2 is 2.00 bits per heavy atom. The van der Waals surface area contributed by atoms with Crippen LogP contribution in [-0.4, -0.2) is 30.7 Å². The number of carbonyl (C=O) groups excluding carboxylic acids is 1. The maximum absolute atomic E-state index is 12.2. The number of hydrogen-bond donors (Lipinski definition) is 1. The monoisotopic (exact) mass is 280 g/mol. The lowest BCUT2D eigenvalue weighted by Gasteiger charge is -2.22. The third-order valence-electron chi connectivity index (χ3n) is 3.23. The van der Waals surface area contributed by atoms with E-state index in [-0.39, 0.29) is 11.8 Å². The number of benzene rings is 1. The summed E-state index contributed by atoms with van der Waals surface area (Å²) in [5.74, 6) is 0.110. The van der Waals surface area contributed by atoms with Crippen LogP contribution in [0.15, 0.2) is 29.2 Å². The van der Waals surface area contributed by atoms with Crippen LogP contribution in [0.25, 0.3) is 0 Å². The molecule has 1 aromatic carbocycles. The van der Waals surface area contributed by atoms with Crippen LogP contribution >= 0.6 is 11.8 Å². The molecule has 0 heterocycles. The van der Waals surface area contributed by atoms with Gasteiger partial charge < -0.3 is 10.6 Å². The summed E-state index contributed by atoms with van der Waals surface area (Å²) in [5, 5.41) is 0. The van der Waals surface area contributed by atoms with Gasteiger partial charge in [0.25, 0.3) is 0 Å². The number of nitrogens with two attached hydrogens (primary N) is 1. The van der Waals surface area contributed by atoms with E-state index in [0.29, 0.717) is 13.1 Å². The van der Waals surface area contributed by atoms with E-state index in [9.17, 15) is 4.79 Å². The maximum atomic E-state index is 12.2. The Kier molecular flexibility index (Phi) is 6.95. The van der Waals surface area contributed by atoms with Crippen LogP contribution in [0.4, 0.5) is 0 Å². The fraction of sp³-hybridized carbons (Fsp3) is 0.533. The Morgan fingerprint density at radius 3 is 2.47 bits per heavy atom. The van der Waals surface area contributed by atoms with Crippen LogP contribution in [0.2, 0.25) is 0 Å². The summed E-state index contributed by atoms with van der Waals surface area (Å²) < 4.78 is 0. The predicted octanol–water partition coefficient (Wildman–Crippen LogP) is 2.74. The first kappa shape index (κ1) is 16.1. The fourth-order valence-corrected chi connectivity index (χ4v) is 2.49. The highest BCUT2D eigenvalue weighted by Gasteiger charge is 2.19. The highest BCUT2D eigenvalue weighted by atomic mass is 32.2. The van der Waals surface area contributed by atoms with Crippen LogP contribution in [-0.2, 0) is 11.3 Å². The lowest BCUT2D eigenvalue weighted by molar-refractivity contribution is -0.134. The molecule has 0 radical (unpaired) electrons. The summed E-state index contributed by atoms with van der Waals surface area (Å²) in [5.41, 5.74) is 6.83. The van der Waals surface area contributed by atoms with Crippen LogP contribution in [0, 0.1) is 5.92 Å². The minimum atomic E-state index is -0.0412. The van der Waals surface area contributed by atoms with Gasteiger partial charge in [0.05, 0.1) is 5.92 Å². The smallest absolute Gasteiger partial charge is 0.226 e. The highest BCUT2D eigenvalue weighted by molar-refractivity contribution is 7.98. The van der Waals surface area contributed by atoms with Crippen LogP contribution in [0.3, 0.4) is 0 Å². The van der Waals surface area contributed by atoms with Crippen molar-refractivity contribution < 1.29 is 4.79 Å². The minimum absolute atomic E-state index is 0.0412. The minimum Gasteiger partial charge on any atom is -0.341 e. The zero-order valence-electron chi connectivity index (χ0n) is 12.1. The Morgan fingerprint density at radius 1 is 1.37 bits per heavy atom. The summed E-state index contributed by atoms with van der Waals surface area (Å²) in [6.07, 6.45) is 3.91. The molecule has 0 aliphatic carbocycles. The topological polar surface area (TPSA) is 46.3 Å². The Bertz CT molecular complexity index is 392. The van der Waals surface area contributed by atoms with E-state index in [1.807, 2.05) is 7.05 Å². The molecule has 19 heavy (non-hydrogen) atoms. The average Bonchev–Trinajstić information content (AvgIpc) is 2.44. The molecule has 2 N–H and O–H groups in total. The van der Waals surface area contributed by atoms with Crippen LogP contribution in [0.1, 0.15) is 25.3 Å². The van der Waals surface area contributed by atoms with Crippen molar-refractivity contribution in [2.75, 3.05) is 19.8 Å². The number of hydrogen-bond acceptors (Lipinski definition) is 3. The number of thioether (sulfide) groups is 1. The quantitative estimate of drug-likeness (QED) is 0.781. The molecule has 0 aliphatic rings. The Balaban J connectivity index is 2.61. The first-order valence-electron chi connectivity index (χ1n) is 6.70. The Hall–Kier alpha value is -1.00. The summed E-state index contributed by atoms with van der Waals surface area (Å²) in [6.45, 7) is 3.16.